The van der Waals surface area contributed by atoms with Gasteiger partial charge in [-0.15, -0.1) is 0 Å². The summed E-state index contributed by atoms with van der Waals surface area (Å²) in [5.41, 5.74) is 4.09. The van der Waals surface area contributed by atoms with Crippen LogP contribution in [0.25, 0.3) is 33.3 Å². The van der Waals surface area contributed by atoms with E-state index in [1.165, 1.54) is 0 Å². The molecule has 4 aromatic heterocycles. The largest absolute Gasteiger partial charge is 0.360 e. The van der Waals surface area contributed by atoms with Gasteiger partial charge >= 0.3 is 0 Å². The van der Waals surface area contributed by atoms with Gasteiger partial charge in [0.15, 0.2) is 0 Å². The number of nitrogens with one attached hydrogen (secondary N) is 2. The van der Waals surface area contributed by atoms with Crippen molar-refractivity contribution in [1.29, 1.82) is 0 Å². The Bertz CT molecular complexity index is 835. The highest BCUT2D eigenvalue weighted by molar-refractivity contribution is 6.03. The second-order valence-corrected chi connectivity index (χ2v) is 4.36. The molecule has 0 bridgehead atoms. The highest BCUT2D eigenvalue weighted by Crippen LogP contribution is 2.27. The number of nitrogens with zero attached hydrogens (tertiary/aromatic N) is 3. The van der Waals surface area contributed by atoms with Gasteiger partial charge in [0.05, 0.1) is 23.1 Å². The van der Waals surface area contributed by atoms with Gasteiger partial charge < -0.3 is 9.97 Å². The minimum Gasteiger partial charge on any atom is -0.360 e. The summed E-state index contributed by atoms with van der Waals surface area (Å²) in [5.74, 6) is 0. The van der Waals surface area contributed by atoms with Crippen LogP contribution in [0.15, 0.2) is 36.8 Å². The number of aryl methyl sites for hydroxylation is 1. The number of hydrogen-bond donors (Lipinski definition) is 2. The highest BCUT2D eigenvalue weighted by atomic mass is 15.2. The fourth-order valence-electron chi connectivity index (χ4n) is 2.38. The van der Waals surface area contributed by atoms with E-state index < -0.39 is 0 Å². The van der Waals surface area contributed by atoms with E-state index in [0.29, 0.717) is 0 Å². The molecule has 0 aliphatic rings. The lowest BCUT2D eigenvalue weighted by Crippen LogP contribution is -1.89. The molecular formula is C13H11N5. The lowest BCUT2D eigenvalue weighted by Gasteiger charge is -1.94. The average molecular weight is 237 g/mol. The van der Waals surface area contributed by atoms with Crippen LogP contribution in [0.3, 0.4) is 0 Å². The average Bonchev–Trinajstić information content (AvgIpc) is 3.05. The van der Waals surface area contributed by atoms with Crippen LogP contribution >= 0.6 is 0 Å². The Kier molecular flexibility index (Phi) is 1.70. The highest BCUT2D eigenvalue weighted by Gasteiger charge is 2.10. The number of H-pyrrole nitrogens is 2. The maximum atomic E-state index is 4.43. The van der Waals surface area contributed by atoms with Crippen LogP contribution in [-0.4, -0.2) is 24.7 Å². The Hall–Kier alpha value is -2.56. The van der Waals surface area contributed by atoms with Crippen LogP contribution in [0.5, 0.6) is 0 Å². The monoisotopic (exact) mass is 237 g/mol. The molecular weight excluding hydrogens is 226 g/mol. The minimum atomic E-state index is 0.885. The number of aromatic nitrogens is 5. The first-order valence-electron chi connectivity index (χ1n) is 5.76. The van der Waals surface area contributed by atoms with Crippen LogP contribution in [0.1, 0.15) is 0 Å². The predicted molar refractivity (Wildman–Crippen MR) is 70.2 cm³/mol. The molecule has 2 N–H and O–H groups in total. The molecule has 0 aromatic carbocycles. The van der Waals surface area contributed by atoms with Crippen molar-refractivity contribution in [2.45, 2.75) is 0 Å². The lowest BCUT2D eigenvalue weighted by molar-refractivity contribution is 0.799. The van der Waals surface area contributed by atoms with Crippen LogP contribution in [-0.2, 0) is 7.05 Å². The van der Waals surface area contributed by atoms with Gasteiger partial charge in [0, 0.05) is 30.2 Å². The Morgan fingerprint density at radius 3 is 3.00 bits per heavy atom. The zero-order valence-electron chi connectivity index (χ0n) is 9.81. The summed E-state index contributed by atoms with van der Waals surface area (Å²) in [6.07, 6.45) is 5.59. The summed E-state index contributed by atoms with van der Waals surface area (Å²) in [6, 6.07) is 6.12. The molecule has 5 nitrogen and oxygen atoms in total. The Balaban J connectivity index is 2.10. The van der Waals surface area contributed by atoms with E-state index >= 15 is 0 Å². The molecule has 4 rings (SSSR count). The van der Waals surface area contributed by atoms with Crippen molar-refractivity contribution < 1.29 is 0 Å². The quantitative estimate of drug-likeness (QED) is 0.534. The van der Waals surface area contributed by atoms with Gasteiger partial charge in [0.25, 0.3) is 0 Å². The van der Waals surface area contributed by atoms with E-state index in [4.69, 9.17) is 0 Å². The predicted octanol–water partition coefficient (Wildman–Crippen LogP) is 2.44. The van der Waals surface area contributed by atoms with E-state index in [2.05, 4.69) is 26.1 Å². The molecule has 0 atom stereocenters. The zero-order valence-corrected chi connectivity index (χ0v) is 9.81. The number of rotatable bonds is 1. The molecule has 88 valence electrons. The third kappa shape index (κ3) is 1.15. The number of aromatic amines is 2. The fourth-order valence-corrected chi connectivity index (χ4v) is 2.38. The van der Waals surface area contributed by atoms with Crippen molar-refractivity contribution in [3.8, 4) is 11.4 Å². The molecule has 0 saturated carbocycles. The number of hydrogen-bond acceptors (Lipinski definition) is 2. The van der Waals surface area contributed by atoms with Crippen molar-refractivity contribution in [3.63, 3.8) is 0 Å². The molecule has 0 aliphatic heterocycles. The summed E-state index contributed by atoms with van der Waals surface area (Å²) in [6.45, 7) is 0. The molecule has 0 unspecified atom stereocenters. The van der Waals surface area contributed by atoms with Gasteiger partial charge in [-0.2, -0.15) is 5.10 Å². The van der Waals surface area contributed by atoms with Crippen molar-refractivity contribution in [2.24, 2.45) is 7.05 Å². The Morgan fingerprint density at radius 1 is 1.22 bits per heavy atom. The second-order valence-electron chi connectivity index (χ2n) is 4.36. The molecule has 4 heterocycles. The van der Waals surface area contributed by atoms with E-state index in [1.54, 1.807) is 0 Å². The van der Waals surface area contributed by atoms with Crippen molar-refractivity contribution in [3.05, 3.63) is 36.8 Å². The molecule has 0 amide bonds. The summed E-state index contributed by atoms with van der Waals surface area (Å²) in [7, 11) is 1.95. The zero-order chi connectivity index (χ0) is 12.1. The standard InChI is InChI=1S/C13H11N5/c1-18-12-8(7-16-18)6-15-13-9(12)5-11(17-13)10-3-2-4-14-10/h2-7,14H,1H3,(H,15,17). The number of fused-ring (bicyclic) bond motifs is 3. The Morgan fingerprint density at radius 2 is 2.17 bits per heavy atom. The van der Waals surface area contributed by atoms with E-state index in [0.717, 1.165) is 33.3 Å². The maximum absolute atomic E-state index is 4.43. The molecule has 0 saturated heterocycles. The summed E-state index contributed by atoms with van der Waals surface area (Å²) in [4.78, 5) is 10.9. The van der Waals surface area contributed by atoms with Crippen LogP contribution in [0.4, 0.5) is 0 Å². The van der Waals surface area contributed by atoms with Gasteiger partial charge in [-0.05, 0) is 18.2 Å². The summed E-state index contributed by atoms with van der Waals surface area (Å²) >= 11 is 0. The first kappa shape index (κ1) is 9.47. The van der Waals surface area contributed by atoms with Gasteiger partial charge in [-0.25, -0.2) is 4.98 Å². The van der Waals surface area contributed by atoms with Crippen molar-refractivity contribution >= 4 is 21.9 Å². The second kappa shape index (κ2) is 3.22. The first-order chi connectivity index (χ1) is 8.83. The molecule has 0 fully saturated rings. The smallest absolute Gasteiger partial charge is 0.139 e. The van der Waals surface area contributed by atoms with Crippen molar-refractivity contribution in [1.82, 2.24) is 24.7 Å². The van der Waals surface area contributed by atoms with Gasteiger partial charge in [0.2, 0.25) is 0 Å². The fraction of sp³-hybridized carbons (Fsp3) is 0.0769. The number of pyridine rings is 1. The van der Waals surface area contributed by atoms with Crippen LogP contribution < -0.4 is 0 Å². The third-order valence-corrected chi connectivity index (χ3v) is 3.24. The van der Waals surface area contributed by atoms with Gasteiger partial charge in [-0.3, -0.25) is 4.68 Å². The van der Waals surface area contributed by atoms with E-state index in [-0.39, 0.29) is 0 Å². The third-order valence-electron chi connectivity index (χ3n) is 3.24. The molecule has 18 heavy (non-hydrogen) atoms. The molecule has 0 aliphatic carbocycles. The SMILES string of the molecule is Cn1ncc2cnc3[nH]c(-c4ccc[nH]4)cc3c21. The normalized spacial score (nSPS) is 11.6. The molecule has 4 aromatic rings. The first-order valence-corrected chi connectivity index (χ1v) is 5.76. The molecule has 0 spiro atoms. The van der Waals surface area contributed by atoms with Gasteiger partial charge in [-0.1, -0.05) is 0 Å². The molecule has 0 radical (unpaired) electrons. The maximum Gasteiger partial charge on any atom is 0.139 e. The summed E-state index contributed by atoms with van der Waals surface area (Å²) in [5, 5.41) is 6.42. The topological polar surface area (TPSA) is 62.3 Å². The van der Waals surface area contributed by atoms with E-state index in [1.807, 2.05) is 42.5 Å². The van der Waals surface area contributed by atoms with Crippen LogP contribution in [0, 0.1) is 0 Å². The Labute approximate surface area is 102 Å². The van der Waals surface area contributed by atoms with Gasteiger partial charge in [0.1, 0.15) is 5.65 Å². The summed E-state index contributed by atoms with van der Waals surface area (Å²) < 4.78 is 1.88. The molecule has 5 heteroatoms. The lowest BCUT2D eigenvalue weighted by atomic mass is 10.2. The minimum absolute atomic E-state index is 0.885. The van der Waals surface area contributed by atoms with E-state index in [9.17, 15) is 0 Å². The van der Waals surface area contributed by atoms with Crippen LogP contribution in [0.2, 0.25) is 0 Å². The van der Waals surface area contributed by atoms with Crippen molar-refractivity contribution in [2.75, 3.05) is 0 Å².